The Kier molecular flexibility index (Phi) is 5.46. The van der Waals surface area contributed by atoms with Crippen LogP contribution < -0.4 is 16.0 Å². The molecule has 7 nitrogen and oxygen atoms in total. The van der Waals surface area contributed by atoms with Crippen molar-refractivity contribution in [1.29, 1.82) is 0 Å². The zero-order chi connectivity index (χ0) is 20.4. The second kappa shape index (κ2) is 8.18. The molecule has 1 aliphatic heterocycles. The van der Waals surface area contributed by atoms with Crippen LogP contribution in [0.1, 0.15) is 25.7 Å². The number of hydrogen-bond donors (Lipinski definition) is 3. The summed E-state index contributed by atoms with van der Waals surface area (Å²) in [7, 11) is 0. The zero-order valence-corrected chi connectivity index (χ0v) is 17.1. The summed E-state index contributed by atoms with van der Waals surface area (Å²) >= 11 is 1.57. The summed E-state index contributed by atoms with van der Waals surface area (Å²) < 4.78 is 1.63. The molecule has 3 aromatic rings. The Balaban J connectivity index is 1.57. The quantitative estimate of drug-likeness (QED) is 0.605. The van der Waals surface area contributed by atoms with Gasteiger partial charge in [-0.1, -0.05) is 36.4 Å². The molecule has 0 radical (unpaired) electrons. The van der Waals surface area contributed by atoms with E-state index in [0.29, 0.717) is 12.2 Å². The monoisotopic (exact) mass is 409 g/mol. The smallest absolute Gasteiger partial charge is 0.227 e. The summed E-state index contributed by atoms with van der Waals surface area (Å²) in [5.74, 6) is 0.116. The van der Waals surface area contributed by atoms with Gasteiger partial charge in [-0.2, -0.15) is 5.10 Å². The molecule has 2 aromatic heterocycles. The third-order valence-corrected chi connectivity index (χ3v) is 5.89. The minimum absolute atomic E-state index is 0.0351. The largest absolute Gasteiger partial charge is 0.322 e. The summed E-state index contributed by atoms with van der Waals surface area (Å²) in [6.07, 6.45) is 0.117. The number of hydrogen-bond acceptors (Lipinski definition) is 5. The van der Waals surface area contributed by atoms with E-state index in [0.717, 1.165) is 16.1 Å². The number of amides is 2. The zero-order valence-electron chi connectivity index (χ0n) is 16.3. The molecule has 3 heterocycles. The van der Waals surface area contributed by atoms with Gasteiger partial charge in [0.1, 0.15) is 11.5 Å². The third-order valence-electron chi connectivity index (χ3n) is 5.00. The summed E-state index contributed by atoms with van der Waals surface area (Å²) in [4.78, 5) is 25.5. The van der Waals surface area contributed by atoms with Crippen molar-refractivity contribution in [3.63, 3.8) is 0 Å². The van der Waals surface area contributed by atoms with Gasteiger partial charge in [0, 0.05) is 19.0 Å². The first-order chi connectivity index (χ1) is 14.0. The SMILES string of the molecule is CC(=O)Nc1cc(-c2cccs2)nn1C1NC(=O)C(Cc2ccccc2)C(C)N1. The number of benzene rings is 1. The van der Waals surface area contributed by atoms with Crippen molar-refractivity contribution in [2.24, 2.45) is 5.92 Å². The van der Waals surface area contributed by atoms with Crippen LogP contribution in [0.5, 0.6) is 0 Å². The van der Waals surface area contributed by atoms with Crippen molar-refractivity contribution in [2.45, 2.75) is 32.6 Å². The van der Waals surface area contributed by atoms with Crippen LogP contribution in [0, 0.1) is 5.92 Å². The molecule has 1 aliphatic rings. The van der Waals surface area contributed by atoms with Crippen LogP contribution in [0.15, 0.2) is 53.9 Å². The van der Waals surface area contributed by atoms with Crippen molar-refractivity contribution in [3.05, 3.63) is 59.5 Å². The molecule has 0 saturated carbocycles. The summed E-state index contributed by atoms with van der Waals surface area (Å²) in [5, 5.41) is 15.9. The number of rotatable bonds is 5. The summed E-state index contributed by atoms with van der Waals surface area (Å²) in [6.45, 7) is 3.45. The number of anilines is 1. The van der Waals surface area contributed by atoms with Crippen LogP contribution in [0.2, 0.25) is 0 Å². The lowest BCUT2D eigenvalue weighted by Gasteiger charge is -2.36. The van der Waals surface area contributed by atoms with E-state index in [4.69, 9.17) is 0 Å². The highest BCUT2D eigenvalue weighted by molar-refractivity contribution is 7.13. The average molecular weight is 410 g/mol. The van der Waals surface area contributed by atoms with E-state index < -0.39 is 6.29 Å². The average Bonchev–Trinajstić information content (AvgIpc) is 3.35. The van der Waals surface area contributed by atoms with Gasteiger partial charge in [-0.3, -0.25) is 14.9 Å². The van der Waals surface area contributed by atoms with E-state index in [1.807, 2.05) is 60.8 Å². The number of thiophene rings is 1. The molecular weight excluding hydrogens is 386 g/mol. The van der Waals surface area contributed by atoms with Crippen molar-refractivity contribution in [1.82, 2.24) is 20.4 Å². The van der Waals surface area contributed by atoms with Gasteiger partial charge in [0.05, 0.1) is 10.8 Å². The molecule has 3 atom stereocenters. The Morgan fingerprint density at radius 1 is 1.24 bits per heavy atom. The van der Waals surface area contributed by atoms with E-state index >= 15 is 0 Å². The molecule has 0 aliphatic carbocycles. The number of nitrogens with zero attached hydrogens (tertiary/aromatic N) is 2. The van der Waals surface area contributed by atoms with Gasteiger partial charge in [0.2, 0.25) is 11.8 Å². The fraction of sp³-hybridized carbons (Fsp3) is 0.286. The first-order valence-electron chi connectivity index (χ1n) is 9.52. The van der Waals surface area contributed by atoms with E-state index in [9.17, 15) is 9.59 Å². The van der Waals surface area contributed by atoms with Crippen LogP contribution in [0.3, 0.4) is 0 Å². The predicted molar refractivity (Wildman–Crippen MR) is 113 cm³/mol. The fourth-order valence-electron chi connectivity index (χ4n) is 3.55. The Bertz CT molecular complexity index is 1000. The van der Waals surface area contributed by atoms with Gasteiger partial charge in [-0.05, 0) is 30.4 Å². The molecule has 4 rings (SSSR count). The minimum atomic E-state index is -0.542. The van der Waals surface area contributed by atoms with Crippen LogP contribution in [0.25, 0.3) is 10.6 Å². The topological polar surface area (TPSA) is 88.1 Å². The maximum Gasteiger partial charge on any atom is 0.227 e. The lowest BCUT2D eigenvalue weighted by molar-refractivity contribution is -0.130. The van der Waals surface area contributed by atoms with Gasteiger partial charge in [-0.25, -0.2) is 4.68 Å². The van der Waals surface area contributed by atoms with Gasteiger partial charge in [0.15, 0.2) is 6.29 Å². The van der Waals surface area contributed by atoms with Crippen molar-refractivity contribution < 1.29 is 9.59 Å². The molecule has 0 spiro atoms. The maximum atomic E-state index is 12.9. The van der Waals surface area contributed by atoms with Gasteiger partial charge in [-0.15, -0.1) is 11.3 Å². The molecule has 1 aromatic carbocycles. The molecular formula is C21H23N5O2S. The number of carbonyl (C=O) groups excluding carboxylic acids is 2. The van der Waals surface area contributed by atoms with E-state index in [2.05, 4.69) is 21.0 Å². The van der Waals surface area contributed by atoms with Crippen molar-refractivity contribution in [2.75, 3.05) is 5.32 Å². The molecule has 8 heteroatoms. The van der Waals surface area contributed by atoms with E-state index in [1.165, 1.54) is 6.92 Å². The molecule has 3 unspecified atom stereocenters. The Hall–Kier alpha value is -2.97. The van der Waals surface area contributed by atoms with Gasteiger partial charge >= 0.3 is 0 Å². The lowest BCUT2D eigenvalue weighted by Crippen LogP contribution is -2.58. The normalized spacial score (nSPS) is 21.6. The maximum absolute atomic E-state index is 12.9. The Morgan fingerprint density at radius 3 is 2.69 bits per heavy atom. The molecule has 150 valence electrons. The highest BCUT2D eigenvalue weighted by Gasteiger charge is 2.35. The van der Waals surface area contributed by atoms with Crippen molar-refractivity contribution in [3.8, 4) is 10.6 Å². The first-order valence-corrected chi connectivity index (χ1v) is 10.4. The van der Waals surface area contributed by atoms with Crippen LogP contribution in [0.4, 0.5) is 5.82 Å². The van der Waals surface area contributed by atoms with E-state index in [-0.39, 0.29) is 23.8 Å². The predicted octanol–water partition coefficient (Wildman–Crippen LogP) is 2.99. The number of aromatic nitrogens is 2. The highest BCUT2D eigenvalue weighted by atomic mass is 32.1. The number of carbonyl (C=O) groups is 2. The highest BCUT2D eigenvalue weighted by Crippen LogP contribution is 2.28. The molecule has 2 amide bonds. The molecule has 1 fully saturated rings. The van der Waals surface area contributed by atoms with Gasteiger partial charge in [0.25, 0.3) is 0 Å². The molecule has 29 heavy (non-hydrogen) atoms. The standard InChI is InChI=1S/C21H23N5O2S/c1-13-16(11-15-7-4-3-5-8-15)20(28)24-21(22-13)26-19(23-14(2)27)12-17(25-26)18-9-6-10-29-18/h3-10,12-13,16,21-22H,11H2,1-2H3,(H,23,27)(H,24,28). The summed E-state index contributed by atoms with van der Waals surface area (Å²) in [5.41, 5.74) is 1.87. The second-order valence-electron chi connectivity index (χ2n) is 7.18. The second-order valence-corrected chi connectivity index (χ2v) is 8.13. The minimum Gasteiger partial charge on any atom is -0.322 e. The molecule has 1 saturated heterocycles. The number of nitrogens with one attached hydrogen (secondary N) is 3. The summed E-state index contributed by atoms with van der Waals surface area (Å²) in [6, 6.07) is 15.7. The fourth-order valence-corrected chi connectivity index (χ4v) is 4.24. The van der Waals surface area contributed by atoms with Crippen LogP contribution in [-0.4, -0.2) is 27.6 Å². The van der Waals surface area contributed by atoms with Crippen LogP contribution in [-0.2, 0) is 16.0 Å². The Morgan fingerprint density at radius 2 is 2.03 bits per heavy atom. The third kappa shape index (κ3) is 4.23. The van der Waals surface area contributed by atoms with Gasteiger partial charge < -0.3 is 10.6 Å². The van der Waals surface area contributed by atoms with Crippen LogP contribution >= 0.6 is 11.3 Å². The first kappa shape index (κ1) is 19.4. The lowest BCUT2D eigenvalue weighted by atomic mass is 9.91. The molecule has 3 N–H and O–H groups in total. The molecule has 0 bridgehead atoms. The Labute approximate surface area is 173 Å². The van der Waals surface area contributed by atoms with E-state index in [1.54, 1.807) is 16.0 Å². The van der Waals surface area contributed by atoms with Crippen molar-refractivity contribution >= 4 is 29.0 Å².